The van der Waals surface area contributed by atoms with E-state index < -0.39 is 10.0 Å². The van der Waals surface area contributed by atoms with Crippen LogP contribution in [0.15, 0.2) is 89.8 Å². The SMILES string of the molecule is Cc1ccc(S(=O)(=O)N2[C@H](CC(=O)c3ccccc3)CC[C@@H]2c2ccccc2)cc1. The predicted octanol–water partition coefficient (Wildman–Crippen LogP) is 5.16. The highest BCUT2D eigenvalue weighted by Crippen LogP contribution is 2.41. The van der Waals surface area contributed by atoms with Crippen LogP contribution in [0.25, 0.3) is 0 Å². The lowest BCUT2D eigenvalue weighted by Crippen LogP contribution is -2.38. The fourth-order valence-electron chi connectivity index (χ4n) is 4.19. The van der Waals surface area contributed by atoms with E-state index >= 15 is 0 Å². The largest absolute Gasteiger partial charge is 0.294 e. The first-order valence-corrected chi connectivity index (χ1v) is 11.6. The van der Waals surface area contributed by atoms with Crippen molar-refractivity contribution in [3.8, 4) is 0 Å². The summed E-state index contributed by atoms with van der Waals surface area (Å²) < 4.78 is 28.9. The van der Waals surface area contributed by atoms with Gasteiger partial charge in [0.15, 0.2) is 5.78 Å². The third kappa shape index (κ3) is 4.09. The van der Waals surface area contributed by atoms with Crippen LogP contribution >= 0.6 is 0 Å². The first-order chi connectivity index (χ1) is 14.5. The number of nitrogens with zero attached hydrogens (tertiary/aromatic N) is 1. The van der Waals surface area contributed by atoms with E-state index in [9.17, 15) is 13.2 Å². The van der Waals surface area contributed by atoms with Gasteiger partial charge < -0.3 is 0 Å². The van der Waals surface area contributed by atoms with Gasteiger partial charge in [-0.2, -0.15) is 4.31 Å². The van der Waals surface area contributed by atoms with Crippen molar-refractivity contribution in [3.05, 3.63) is 102 Å². The van der Waals surface area contributed by atoms with Gasteiger partial charge in [0.1, 0.15) is 0 Å². The van der Waals surface area contributed by atoms with Crippen LogP contribution in [0.4, 0.5) is 0 Å². The molecule has 0 aromatic heterocycles. The average Bonchev–Trinajstić information content (AvgIpc) is 3.19. The number of rotatable bonds is 6. The molecule has 1 aliphatic heterocycles. The number of aryl methyl sites for hydroxylation is 1. The van der Waals surface area contributed by atoms with Crippen LogP contribution in [0.1, 0.15) is 46.8 Å². The minimum Gasteiger partial charge on any atom is -0.294 e. The molecule has 1 saturated heterocycles. The molecular formula is C25H25NO3S. The Hall–Kier alpha value is -2.76. The molecule has 154 valence electrons. The van der Waals surface area contributed by atoms with E-state index in [1.165, 1.54) is 0 Å². The molecule has 4 nitrogen and oxygen atoms in total. The lowest BCUT2D eigenvalue weighted by molar-refractivity contribution is 0.0958. The number of benzene rings is 3. The van der Waals surface area contributed by atoms with Crippen LogP contribution in [0.3, 0.4) is 0 Å². The number of hydrogen-bond donors (Lipinski definition) is 0. The summed E-state index contributed by atoms with van der Waals surface area (Å²) in [6, 6.07) is 25.1. The third-order valence-electron chi connectivity index (χ3n) is 5.74. The van der Waals surface area contributed by atoms with Gasteiger partial charge in [-0.25, -0.2) is 8.42 Å². The van der Waals surface area contributed by atoms with Gasteiger partial charge in [-0.15, -0.1) is 0 Å². The van der Waals surface area contributed by atoms with Crippen molar-refractivity contribution in [2.75, 3.05) is 0 Å². The summed E-state index contributed by atoms with van der Waals surface area (Å²) in [6.07, 6.45) is 1.53. The van der Waals surface area contributed by atoms with Gasteiger partial charge in [-0.05, 0) is 37.5 Å². The second-order valence-electron chi connectivity index (χ2n) is 7.80. The first-order valence-electron chi connectivity index (χ1n) is 10.2. The van der Waals surface area contributed by atoms with Gasteiger partial charge in [0.2, 0.25) is 10.0 Å². The summed E-state index contributed by atoms with van der Waals surface area (Å²) in [5.74, 6) is -0.0292. The standard InChI is InChI=1S/C25H25NO3S/c1-19-12-15-23(16-13-19)30(28,29)26-22(18-25(27)21-10-6-3-7-11-21)14-17-24(26)20-8-4-2-5-9-20/h2-13,15-16,22,24H,14,17-18H2,1H3/t22-,24+/m0/s1. The zero-order valence-electron chi connectivity index (χ0n) is 16.9. The second-order valence-corrected chi connectivity index (χ2v) is 9.64. The fraction of sp³-hybridized carbons (Fsp3) is 0.240. The molecule has 3 aromatic carbocycles. The van der Waals surface area contributed by atoms with Gasteiger partial charge in [-0.3, -0.25) is 4.79 Å². The Balaban J connectivity index is 1.71. The third-order valence-corrected chi connectivity index (χ3v) is 7.71. The summed E-state index contributed by atoms with van der Waals surface area (Å²) in [5, 5.41) is 0. The number of carbonyl (C=O) groups is 1. The molecular weight excluding hydrogens is 394 g/mol. The molecule has 4 rings (SSSR count). The Bertz CT molecular complexity index is 1110. The maximum absolute atomic E-state index is 13.7. The smallest absolute Gasteiger partial charge is 0.243 e. The maximum Gasteiger partial charge on any atom is 0.243 e. The van der Waals surface area contributed by atoms with E-state index in [2.05, 4.69) is 0 Å². The van der Waals surface area contributed by atoms with Crippen molar-refractivity contribution < 1.29 is 13.2 Å². The monoisotopic (exact) mass is 419 g/mol. The van der Waals surface area contributed by atoms with Crippen molar-refractivity contribution in [1.29, 1.82) is 0 Å². The number of sulfonamides is 1. The van der Waals surface area contributed by atoms with Crippen LogP contribution in [-0.4, -0.2) is 24.5 Å². The Labute approximate surface area is 178 Å². The van der Waals surface area contributed by atoms with Crippen molar-refractivity contribution in [2.45, 2.75) is 43.2 Å². The molecule has 0 N–H and O–H groups in total. The lowest BCUT2D eigenvalue weighted by atomic mass is 10.0. The molecule has 1 fully saturated rings. The zero-order valence-corrected chi connectivity index (χ0v) is 17.8. The molecule has 5 heteroatoms. The average molecular weight is 420 g/mol. The van der Waals surface area contributed by atoms with Crippen LogP contribution < -0.4 is 0 Å². The van der Waals surface area contributed by atoms with E-state index in [1.807, 2.05) is 67.6 Å². The molecule has 0 saturated carbocycles. The van der Waals surface area contributed by atoms with Crippen molar-refractivity contribution in [3.63, 3.8) is 0 Å². The zero-order chi connectivity index (χ0) is 21.1. The predicted molar refractivity (Wildman–Crippen MR) is 118 cm³/mol. The molecule has 30 heavy (non-hydrogen) atoms. The van der Waals surface area contributed by atoms with E-state index in [-0.39, 0.29) is 29.2 Å². The lowest BCUT2D eigenvalue weighted by Gasteiger charge is -2.29. The molecule has 0 spiro atoms. The Morgan fingerprint density at radius 2 is 1.47 bits per heavy atom. The summed E-state index contributed by atoms with van der Waals surface area (Å²) >= 11 is 0. The topological polar surface area (TPSA) is 54.5 Å². The summed E-state index contributed by atoms with van der Waals surface area (Å²) in [5.41, 5.74) is 2.59. The molecule has 0 radical (unpaired) electrons. The van der Waals surface area contributed by atoms with Gasteiger partial charge in [0, 0.05) is 18.0 Å². The Morgan fingerprint density at radius 1 is 0.867 bits per heavy atom. The minimum atomic E-state index is -3.75. The molecule has 2 atom stereocenters. The van der Waals surface area contributed by atoms with E-state index in [4.69, 9.17) is 0 Å². The van der Waals surface area contributed by atoms with Crippen LogP contribution in [0, 0.1) is 6.92 Å². The molecule has 0 bridgehead atoms. The van der Waals surface area contributed by atoms with Gasteiger partial charge in [-0.1, -0.05) is 78.4 Å². The highest BCUT2D eigenvalue weighted by molar-refractivity contribution is 7.89. The van der Waals surface area contributed by atoms with E-state index in [1.54, 1.807) is 28.6 Å². The molecule has 0 amide bonds. The Morgan fingerprint density at radius 3 is 2.10 bits per heavy atom. The first kappa shape index (κ1) is 20.5. The van der Waals surface area contributed by atoms with Crippen LogP contribution in [0.5, 0.6) is 0 Å². The van der Waals surface area contributed by atoms with Crippen LogP contribution in [-0.2, 0) is 10.0 Å². The molecule has 0 unspecified atom stereocenters. The summed E-state index contributed by atoms with van der Waals surface area (Å²) in [4.78, 5) is 13.1. The van der Waals surface area contributed by atoms with Crippen molar-refractivity contribution in [1.82, 2.24) is 4.31 Å². The quantitative estimate of drug-likeness (QED) is 0.519. The minimum absolute atomic E-state index is 0.0292. The highest BCUT2D eigenvalue weighted by atomic mass is 32.2. The number of hydrogen-bond acceptors (Lipinski definition) is 3. The van der Waals surface area contributed by atoms with Crippen molar-refractivity contribution >= 4 is 15.8 Å². The molecule has 1 heterocycles. The maximum atomic E-state index is 13.7. The second kappa shape index (κ2) is 8.54. The molecule has 0 aliphatic carbocycles. The molecule has 3 aromatic rings. The summed E-state index contributed by atoms with van der Waals surface area (Å²) in [6.45, 7) is 1.93. The number of Topliss-reactive ketones (excluding diaryl/α,β-unsaturated/α-hetero) is 1. The van der Waals surface area contributed by atoms with Crippen LogP contribution in [0.2, 0.25) is 0 Å². The van der Waals surface area contributed by atoms with Gasteiger partial charge >= 0.3 is 0 Å². The Kier molecular flexibility index (Phi) is 5.84. The van der Waals surface area contributed by atoms with Gasteiger partial charge in [0.25, 0.3) is 0 Å². The molecule has 1 aliphatic rings. The van der Waals surface area contributed by atoms with E-state index in [0.717, 1.165) is 11.1 Å². The number of ketones is 1. The van der Waals surface area contributed by atoms with E-state index in [0.29, 0.717) is 18.4 Å². The van der Waals surface area contributed by atoms with Crippen molar-refractivity contribution in [2.24, 2.45) is 0 Å². The summed E-state index contributed by atoms with van der Waals surface area (Å²) in [7, 11) is -3.75. The van der Waals surface area contributed by atoms with Gasteiger partial charge in [0.05, 0.1) is 10.9 Å². The normalized spacial score (nSPS) is 19.6. The number of carbonyl (C=O) groups excluding carboxylic acids is 1. The highest BCUT2D eigenvalue weighted by Gasteiger charge is 2.43. The fourth-order valence-corrected chi connectivity index (χ4v) is 6.05.